The maximum absolute atomic E-state index is 13.5. The highest BCUT2D eigenvalue weighted by Crippen LogP contribution is 2.38. The predicted molar refractivity (Wildman–Crippen MR) is 144 cm³/mol. The Kier molecular flexibility index (Phi) is 6.44. The highest BCUT2D eigenvalue weighted by atomic mass is 16.6. The molecule has 4 aromatic rings. The molecule has 0 saturated heterocycles. The van der Waals surface area contributed by atoms with Crippen LogP contribution in [0, 0.1) is 17.0 Å². The molecule has 0 aliphatic carbocycles. The van der Waals surface area contributed by atoms with Gasteiger partial charge in [0.15, 0.2) is 0 Å². The number of fused-ring (bicyclic) bond motifs is 1. The number of para-hydroxylation sites is 1. The minimum atomic E-state index is -0.823. The first-order chi connectivity index (χ1) is 18.3. The van der Waals surface area contributed by atoms with E-state index < -0.39 is 16.9 Å². The maximum Gasteiger partial charge on any atom is 0.269 e. The van der Waals surface area contributed by atoms with Crippen LogP contribution >= 0.6 is 0 Å². The smallest absolute Gasteiger partial charge is 0.269 e. The topological polar surface area (TPSA) is 131 Å². The van der Waals surface area contributed by atoms with Gasteiger partial charge in [-0.2, -0.15) is 5.10 Å². The van der Waals surface area contributed by atoms with Crippen molar-refractivity contribution < 1.29 is 14.5 Å². The van der Waals surface area contributed by atoms with E-state index >= 15 is 0 Å². The molecule has 2 heterocycles. The number of allylic oxidation sites excluding steroid dienone is 1. The molecule has 10 heteroatoms. The molecule has 1 aromatic heterocycles. The first kappa shape index (κ1) is 24.4. The molecule has 0 fully saturated rings. The predicted octanol–water partition coefficient (Wildman–Crippen LogP) is 5.28. The normalized spacial score (nSPS) is 14.3. The number of benzene rings is 3. The molecule has 3 N–H and O–H groups in total. The fourth-order valence-electron chi connectivity index (χ4n) is 4.39. The van der Waals surface area contributed by atoms with Crippen molar-refractivity contribution in [2.75, 3.05) is 16.0 Å². The van der Waals surface area contributed by atoms with Crippen molar-refractivity contribution in [3.05, 3.63) is 123 Å². The molecule has 3 aromatic carbocycles. The monoisotopic (exact) mass is 508 g/mol. The van der Waals surface area contributed by atoms with Crippen LogP contribution in [-0.4, -0.2) is 26.5 Å². The molecule has 38 heavy (non-hydrogen) atoms. The molecular formula is C28H24N6O4. The third kappa shape index (κ3) is 4.74. The van der Waals surface area contributed by atoms with Gasteiger partial charge in [0.05, 0.1) is 16.7 Å². The van der Waals surface area contributed by atoms with Crippen molar-refractivity contribution in [3.63, 3.8) is 0 Å². The molecule has 2 amide bonds. The SMILES string of the molecule is CC1=C(C(=O)Nc2ccccc2)[C@H](c2cccc([N+](=O)[O-])c2)n2ncc(C(=O)Nc3ccc(C)cc3)c2N1. The largest absolute Gasteiger partial charge is 0.343 e. The van der Waals surface area contributed by atoms with E-state index in [9.17, 15) is 19.7 Å². The van der Waals surface area contributed by atoms with E-state index in [0.29, 0.717) is 34.0 Å². The van der Waals surface area contributed by atoms with Crippen LogP contribution in [0.2, 0.25) is 0 Å². The third-order valence-corrected chi connectivity index (χ3v) is 6.25. The Bertz CT molecular complexity index is 1570. The van der Waals surface area contributed by atoms with Gasteiger partial charge in [0.25, 0.3) is 17.5 Å². The summed E-state index contributed by atoms with van der Waals surface area (Å²) in [5.41, 5.74) is 3.72. The number of carbonyl (C=O) groups is 2. The van der Waals surface area contributed by atoms with Crippen LogP contribution in [0.4, 0.5) is 22.9 Å². The molecule has 1 aliphatic heterocycles. The fourth-order valence-corrected chi connectivity index (χ4v) is 4.39. The summed E-state index contributed by atoms with van der Waals surface area (Å²) >= 11 is 0. The summed E-state index contributed by atoms with van der Waals surface area (Å²) in [5, 5.41) is 24.9. The number of hydrogen-bond acceptors (Lipinski definition) is 6. The molecule has 0 saturated carbocycles. The first-order valence-corrected chi connectivity index (χ1v) is 11.9. The lowest BCUT2D eigenvalue weighted by Gasteiger charge is -2.30. The van der Waals surface area contributed by atoms with E-state index in [1.165, 1.54) is 23.0 Å². The molecule has 1 atom stereocenters. The summed E-state index contributed by atoms with van der Waals surface area (Å²) in [5.74, 6) is -0.408. The van der Waals surface area contributed by atoms with E-state index in [1.807, 2.05) is 25.1 Å². The van der Waals surface area contributed by atoms with Crippen LogP contribution < -0.4 is 16.0 Å². The molecule has 1 aliphatic rings. The third-order valence-electron chi connectivity index (χ3n) is 6.25. The fraction of sp³-hybridized carbons (Fsp3) is 0.107. The van der Waals surface area contributed by atoms with Crippen LogP contribution in [0.25, 0.3) is 0 Å². The molecule has 190 valence electrons. The van der Waals surface area contributed by atoms with Gasteiger partial charge >= 0.3 is 0 Å². The zero-order valence-electron chi connectivity index (χ0n) is 20.6. The zero-order chi connectivity index (χ0) is 26.8. The van der Waals surface area contributed by atoms with Gasteiger partial charge in [0, 0.05) is 29.2 Å². The Morgan fingerprint density at radius 1 is 0.921 bits per heavy atom. The van der Waals surface area contributed by atoms with Gasteiger partial charge < -0.3 is 16.0 Å². The van der Waals surface area contributed by atoms with Crippen molar-refractivity contribution in [2.24, 2.45) is 0 Å². The summed E-state index contributed by atoms with van der Waals surface area (Å²) in [7, 11) is 0. The Hall–Kier alpha value is -5.25. The highest BCUT2D eigenvalue weighted by Gasteiger charge is 2.36. The molecule has 0 spiro atoms. The number of carbonyl (C=O) groups excluding carboxylic acids is 2. The maximum atomic E-state index is 13.5. The minimum Gasteiger partial charge on any atom is -0.343 e. The van der Waals surface area contributed by atoms with Crippen molar-refractivity contribution in [1.82, 2.24) is 9.78 Å². The Morgan fingerprint density at radius 2 is 1.61 bits per heavy atom. The number of aryl methyl sites for hydroxylation is 1. The molecule has 0 radical (unpaired) electrons. The van der Waals surface area contributed by atoms with E-state index in [-0.39, 0.29) is 17.2 Å². The second kappa shape index (κ2) is 10.0. The number of nitro benzene ring substituents is 1. The van der Waals surface area contributed by atoms with Crippen molar-refractivity contribution >= 4 is 34.7 Å². The van der Waals surface area contributed by atoms with Gasteiger partial charge in [0.2, 0.25) is 0 Å². The number of nitrogens with one attached hydrogen (secondary N) is 3. The summed E-state index contributed by atoms with van der Waals surface area (Å²) in [6, 6.07) is 21.6. The summed E-state index contributed by atoms with van der Waals surface area (Å²) in [6.45, 7) is 3.68. The average Bonchev–Trinajstić information content (AvgIpc) is 3.33. The van der Waals surface area contributed by atoms with Crippen molar-refractivity contribution in [1.29, 1.82) is 0 Å². The van der Waals surface area contributed by atoms with Crippen LogP contribution in [-0.2, 0) is 4.79 Å². The molecular weight excluding hydrogens is 484 g/mol. The number of aromatic nitrogens is 2. The standard InChI is InChI=1S/C28H24N6O4/c1-17-11-13-21(14-12-17)31-27(35)23-16-29-33-25(19-7-6-10-22(15-19)34(37)38)24(18(2)30-26(23)33)28(36)32-20-8-4-3-5-9-20/h3-16,25,30H,1-2H3,(H,31,35)(H,32,36)/t25-/m0/s1. The average molecular weight is 509 g/mol. The van der Waals surface area contributed by atoms with Crippen LogP contribution in [0.5, 0.6) is 0 Å². The van der Waals surface area contributed by atoms with E-state index in [4.69, 9.17) is 0 Å². The lowest BCUT2D eigenvalue weighted by atomic mass is 9.94. The number of rotatable bonds is 6. The first-order valence-electron chi connectivity index (χ1n) is 11.9. The number of anilines is 3. The van der Waals surface area contributed by atoms with Gasteiger partial charge in [-0.15, -0.1) is 0 Å². The number of hydrogen-bond donors (Lipinski definition) is 3. The molecule has 10 nitrogen and oxygen atoms in total. The number of non-ortho nitro benzene ring substituents is 1. The highest BCUT2D eigenvalue weighted by molar-refractivity contribution is 6.09. The van der Waals surface area contributed by atoms with Crippen LogP contribution in [0.15, 0.2) is 96.3 Å². The van der Waals surface area contributed by atoms with E-state index in [0.717, 1.165) is 5.56 Å². The van der Waals surface area contributed by atoms with Crippen LogP contribution in [0.1, 0.15) is 34.5 Å². The quantitative estimate of drug-likeness (QED) is 0.240. The van der Waals surface area contributed by atoms with E-state index in [2.05, 4.69) is 21.0 Å². The van der Waals surface area contributed by atoms with Gasteiger partial charge in [-0.25, -0.2) is 4.68 Å². The Morgan fingerprint density at radius 3 is 2.32 bits per heavy atom. The van der Waals surface area contributed by atoms with Crippen molar-refractivity contribution in [3.8, 4) is 0 Å². The number of nitro groups is 1. The second-order valence-electron chi connectivity index (χ2n) is 8.91. The van der Waals surface area contributed by atoms with Gasteiger partial charge in [0.1, 0.15) is 17.4 Å². The Labute approximate surface area is 218 Å². The molecule has 5 rings (SSSR count). The van der Waals surface area contributed by atoms with Gasteiger partial charge in [-0.1, -0.05) is 48.0 Å². The zero-order valence-corrected chi connectivity index (χ0v) is 20.6. The minimum absolute atomic E-state index is 0.118. The number of amides is 2. The van der Waals surface area contributed by atoms with E-state index in [1.54, 1.807) is 55.5 Å². The summed E-state index contributed by atoms with van der Waals surface area (Å²) in [6.07, 6.45) is 1.42. The summed E-state index contributed by atoms with van der Waals surface area (Å²) < 4.78 is 1.51. The van der Waals surface area contributed by atoms with Crippen molar-refractivity contribution in [2.45, 2.75) is 19.9 Å². The van der Waals surface area contributed by atoms with Gasteiger partial charge in [-0.3, -0.25) is 19.7 Å². The summed E-state index contributed by atoms with van der Waals surface area (Å²) in [4.78, 5) is 37.8. The Balaban J connectivity index is 1.57. The lowest BCUT2D eigenvalue weighted by Crippen LogP contribution is -2.32. The van der Waals surface area contributed by atoms with Gasteiger partial charge in [-0.05, 0) is 43.7 Å². The molecule has 0 unspecified atom stereocenters. The number of nitrogens with zero attached hydrogens (tertiary/aromatic N) is 3. The molecule has 0 bridgehead atoms. The van der Waals surface area contributed by atoms with Crippen LogP contribution in [0.3, 0.4) is 0 Å². The second-order valence-corrected chi connectivity index (χ2v) is 8.91. The lowest BCUT2D eigenvalue weighted by molar-refractivity contribution is -0.384.